The first-order chi connectivity index (χ1) is 18.2. The fourth-order valence-corrected chi connectivity index (χ4v) is 5.49. The maximum absolute atomic E-state index is 13.4. The van der Waals surface area contributed by atoms with Crippen LogP contribution in [0, 0.1) is 0 Å². The lowest BCUT2D eigenvalue weighted by molar-refractivity contribution is -0.137. The maximum atomic E-state index is 13.4. The number of aryl methyl sites for hydroxylation is 1. The van der Waals surface area contributed by atoms with E-state index in [1.165, 1.54) is 18.2 Å². The van der Waals surface area contributed by atoms with Crippen LogP contribution in [0.25, 0.3) is 0 Å². The zero-order valence-electron chi connectivity index (χ0n) is 21.0. The smallest absolute Gasteiger partial charge is 0.371 e. The van der Waals surface area contributed by atoms with E-state index >= 15 is 0 Å². The third-order valence-electron chi connectivity index (χ3n) is 7.61. The molecule has 1 aliphatic carbocycles. The van der Waals surface area contributed by atoms with E-state index in [-0.39, 0.29) is 11.9 Å². The minimum Gasteiger partial charge on any atom is -0.371 e. The molecule has 2 aromatic carbocycles. The molecule has 2 amide bonds. The summed E-state index contributed by atoms with van der Waals surface area (Å²) in [5.74, 6) is -0.875. The molecular formula is C29H29F3N4O2. The number of pyridine rings is 1. The topological polar surface area (TPSA) is 65.5 Å². The molecule has 1 aromatic heterocycles. The summed E-state index contributed by atoms with van der Waals surface area (Å²) in [4.78, 5) is 34.4. The normalized spacial score (nSPS) is 17.7. The molecule has 198 valence electrons. The number of hydrogen-bond acceptors (Lipinski definition) is 4. The molecule has 0 saturated carbocycles. The van der Waals surface area contributed by atoms with E-state index in [2.05, 4.69) is 15.2 Å². The fourth-order valence-electron chi connectivity index (χ4n) is 5.49. The van der Waals surface area contributed by atoms with Gasteiger partial charge in [-0.05, 0) is 73.2 Å². The highest BCUT2D eigenvalue weighted by atomic mass is 19.4. The lowest BCUT2D eigenvalue weighted by Gasteiger charge is -2.38. The van der Waals surface area contributed by atoms with Crippen LogP contribution in [0.3, 0.4) is 0 Å². The van der Waals surface area contributed by atoms with Crippen LogP contribution in [0.15, 0.2) is 67.0 Å². The van der Waals surface area contributed by atoms with E-state index in [1.807, 2.05) is 25.2 Å². The Morgan fingerprint density at radius 1 is 1.00 bits per heavy atom. The third kappa shape index (κ3) is 5.23. The number of benzene rings is 2. The first-order valence-corrected chi connectivity index (χ1v) is 12.7. The lowest BCUT2D eigenvalue weighted by atomic mass is 10.00. The maximum Gasteiger partial charge on any atom is 0.417 e. The van der Waals surface area contributed by atoms with Crippen molar-refractivity contribution in [1.82, 2.24) is 15.2 Å². The number of alkyl halides is 3. The zero-order chi connectivity index (χ0) is 26.9. The zero-order valence-corrected chi connectivity index (χ0v) is 21.0. The van der Waals surface area contributed by atoms with Gasteiger partial charge in [-0.3, -0.25) is 14.6 Å². The Morgan fingerprint density at radius 3 is 2.42 bits per heavy atom. The molecule has 1 aliphatic heterocycles. The minimum absolute atomic E-state index is 0.100. The van der Waals surface area contributed by atoms with Crippen LogP contribution >= 0.6 is 0 Å². The Kier molecular flexibility index (Phi) is 7.10. The number of carbonyl (C=O) groups is 2. The number of halogens is 3. The van der Waals surface area contributed by atoms with Gasteiger partial charge in [0.2, 0.25) is 0 Å². The van der Waals surface area contributed by atoms with E-state index < -0.39 is 29.3 Å². The van der Waals surface area contributed by atoms with Gasteiger partial charge in [0.25, 0.3) is 11.8 Å². The van der Waals surface area contributed by atoms with Crippen molar-refractivity contribution in [1.29, 1.82) is 0 Å². The summed E-state index contributed by atoms with van der Waals surface area (Å²) in [6.45, 7) is 1.67. The second-order valence-electron chi connectivity index (χ2n) is 9.86. The van der Waals surface area contributed by atoms with Crippen molar-refractivity contribution in [2.75, 3.05) is 25.0 Å². The highest BCUT2D eigenvalue weighted by Crippen LogP contribution is 2.35. The van der Waals surface area contributed by atoms with Gasteiger partial charge in [-0.2, -0.15) is 13.2 Å². The van der Waals surface area contributed by atoms with Crippen LogP contribution in [0.2, 0.25) is 0 Å². The number of anilines is 1. The van der Waals surface area contributed by atoms with Gasteiger partial charge in [-0.25, -0.2) is 0 Å². The van der Waals surface area contributed by atoms with Crippen LogP contribution in [0.1, 0.15) is 62.7 Å². The molecule has 3 aromatic rings. The molecular weight excluding hydrogens is 493 g/mol. The average molecular weight is 523 g/mol. The first-order valence-electron chi connectivity index (χ1n) is 12.7. The Balaban J connectivity index is 1.27. The highest BCUT2D eigenvalue weighted by molar-refractivity contribution is 5.97. The largest absolute Gasteiger partial charge is 0.417 e. The van der Waals surface area contributed by atoms with Crippen LogP contribution in [0.4, 0.5) is 18.9 Å². The predicted octanol–water partition coefficient (Wildman–Crippen LogP) is 5.26. The summed E-state index contributed by atoms with van der Waals surface area (Å²) in [5.41, 5.74) is 2.05. The van der Waals surface area contributed by atoms with E-state index in [9.17, 15) is 22.8 Å². The summed E-state index contributed by atoms with van der Waals surface area (Å²) < 4.78 is 40.2. The van der Waals surface area contributed by atoms with Crippen molar-refractivity contribution in [3.63, 3.8) is 0 Å². The Hall–Kier alpha value is -3.88. The first kappa shape index (κ1) is 25.8. The molecule has 1 atom stereocenters. The summed E-state index contributed by atoms with van der Waals surface area (Å²) in [5, 5.41) is 2.77. The quantitative estimate of drug-likeness (QED) is 0.497. The predicted molar refractivity (Wildman–Crippen MR) is 138 cm³/mol. The van der Waals surface area contributed by atoms with Crippen LogP contribution in [-0.2, 0) is 12.6 Å². The van der Waals surface area contributed by atoms with Gasteiger partial charge in [0.05, 0.1) is 17.2 Å². The van der Waals surface area contributed by atoms with E-state index in [1.54, 1.807) is 29.4 Å². The summed E-state index contributed by atoms with van der Waals surface area (Å²) in [6, 6.07) is 13.9. The molecule has 2 heterocycles. The number of fused-ring (bicyclic) bond motifs is 1. The van der Waals surface area contributed by atoms with Crippen LogP contribution in [0.5, 0.6) is 0 Å². The number of nitrogens with zero attached hydrogens (tertiary/aromatic N) is 3. The van der Waals surface area contributed by atoms with Crippen molar-refractivity contribution in [2.24, 2.45) is 0 Å². The average Bonchev–Trinajstić information content (AvgIpc) is 3.34. The number of aromatic nitrogens is 1. The van der Waals surface area contributed by atoms with Gasteiger partial charge in [0.15, 0.2) is 0 Å². The van der Waals surface area contributed by atoms with Crippen molar-refractivity contribution in [2.45, 2.75) is 43.9 Å². The molecule has 2 aliphatic rings. The Labute approximate surface area is 219 Å². The number of rotatable bonds is 5. The van der Waals surface area contributed by atoms with Crippen LogP contribution in [-0.4, -0.2) is 47.9 Å². The number of carbonyl (C=O) groups excluding carboxylic acids is 2. The molecule has 1 fully saturated rings. The standard InChI is InChI=1S/C29H29F3N4O2/c1-35(21-12-16-36(17-13-21)22-10-14-33-15-11-22)28(38)20-7-6-19-8-9-26(24(19)18-20)34-27(37)23-4-2-3-5-25(23)29(30,31)32/h2-7,10-11,14-15,18,21,26H,8-9,12-13,16-17H2,1H3,(H,34,37). The molecule has 38 heavy (non-hydrogen) atoms. The molecule has 0 radical (unpaired) electrons. The molecule has 6 nitrogen and oxygen atoms in total. The fraction of sp³-hybridized carbons (Fsp3) is 0.345. The minimum atomic E-state index is -4.62. The van der Waals surface area contributed by atoms with Crippen molar-refractivity contribution in [3.05, 3.63) is 94.8 Å². The second-order valence-corrected chi connectivity index (χ2v) is 9.86. The highest BCUT2D eigenvalue weighted by Gasteiger charge is 2.36. The van der Waals surface area contributed by atoms with Crippen molar-refractivity contribution >= 4 is 17.5 Å². The van der Waals surface area contributed by atoms with Gasteiger partial charge in [0, 0.05) is 49.8 Å². The lowest BCUT2D eigenvalue weighted by Crippen LogP contribution is -2.45. The molecule has 5 rings (SSSR count). The SMILES string of the molecule is CN(C(=O)c1ccc2c(c1)C(NC(=O)c1ccccc1C(F)(F)F)CC2)C1CCN(c2ccncc2)CC1. The summed E-state index contributed by atoms with van der Waals surface area (Å²) in [7, 11) is 1.82. The third-order valence-corrected chi connectivity index (χ3v) is 7.61. The number of piperidine rings is 1. The second kappa shape index (κ2) is 10.5. The van der Waals surface area contributed by atoms with E-state index in [0.29, 0.717) is 18.4 Å². The molecule has 0 spiro atoms. The molecule has 1 saturated heterocycles. The number of nitrogens with one attached hydrogen (secondary N) is 1. The van der Waals surface area contributed by atoms with E-state index in [4.69, 9.17) is 0 Å². The van der Waals surface area contributed by atoms with Gasteiger partial charge < -0.3 is 15.1 Å². The molecule has 9 heteroatoms. The molecule has 1 unspecified atom stereocenters. The van der Waals surface area contributed by atoms with E-state index in [0.717, 1.165) is 48.8 Å². The summed E-state index contributed by atoms with van der Waals surface area (Å²) in [6.07, 6.45) is 1.85. The number of hydrogen-bond donors (Lipinski definition) is 1. The van der Waals surface area contributed by atoms with Crippen LogP contribution < -0.4 is 10.2 Å². The Bertz CT molecular complexity index is 1320. The Morgan fingerprint density at radius 2 is 1.71 bits per heavy atom. The monoisotopic (exact) mass is 522 g/mol. The number of amides is 2. The van der Waals surface area contributed by atoms with Gasteiger partial charge in [-0.1, -0.05) is 18.2 Å². The van der Waals surface area contributed by atoms with Gasteiger partial charge in [-0.15, -0.1) is 0 Å². The van der Waals surface area contributed by atoms with Crippen molar-refractivity contribution in [3.8, 4) is 0 Å². The van der Waals surface area contributed by atoms with Gasteiger partial charge in [0.1, 0.15) is 0 Å². The van der Waals surface area contributed by atoms with Gasteiger partial charge >= 0.3 is 6.18 Å². The summed E-state index contributed by atoms with van der Waals surface area (Å²) >= 11 is 0. The molecule has 1 N–H and O–H groups in total. The van der Waals surface area contributed by atoms with Crippen molar-refractivity contribution < 1.29 is 22.8 Å². The molecule has 0 bridgehead atoms.